The minimum atomic E-state index is -1.56. The normalized spacial score (nSPS) is 17.1. The lowest BCUT2D eigenvalue weighted by molar-refractivity contribution is -0.198. The van der Waals surface area contributed by atoms with Gasteiger partial charge in [-0.3, -0.25) is 14.2 Å². The van der Waals surface area contributed by atoms with E-state index in [0.29, 0.717) is 18.7 Å². The number of nitrogens with zero attached hydrogens (tertiary/aromatic N) is 2. The van der Waals surface area contributed by atoms with Gasteiger partial charge in [-0.25, -0.2) is 24.1 Å². The molecule has 2 aromatic carbocycles. The molecule has 1 amide bonds. The summed E-state index contributed by atoms with van der Waals surface area (Å²) in [7, 11) is 0. The average molecular weight is 484 g/mol. The summed E-state index contributed by atoms with van der Waals surface area (Å²) in [4.78, 5) is 35.0. The summed E-state index contributed by atoms with van der Waals surface area (Å²) in [6.45, 7) is 5.60. The minimum Gasteiger partial charge on any atom is -0.350 e. The SMILES string of the molecule is Cc1cc(C)cc(-n2c(C(C)F)nc3cc(F)c(/C=C/C(=O)NOC4CCCCO4)cc3c2=O)c1. The number of rotatable bonds is 6. The van der Waals surface area contributed by atoms with Gasteiger partial charge < -0.3 is 4.74 Å². The number of hydrogen-bond donors (Lipinski definition) is 1. The van der Waals surface area contributed by atoms with Gasteiger partial charge in [-0.2, -0.15) is 0 Å². The molecule has 3 aromatic rings. The van der Waals surface area contributed by atoms with Gasteiger partial charge in [0.05, 0.1) is 16.6 Å². The topological polar surface area (TPSA) is 82.5 Å². The van der Waals surface area contributed by atoms with Gasteiger partial charge in [0.25, 0.3) is 11.5 Å². The van der Waals surface area contributed by atoms with E-state index in [1.54, 1.807) is 12.1 Å². The third kappa shape index (κ3) is 5.63. The number of benzene rings is 2. The largest absolute Gasteiger partial charge is 0.350 e. The predicted molar refractivity (Wildman–Crippen MR) is 128 cm³/mol. The Morgan fingerprint density at radius 2 is 1.97 bits per heavy atom. The Labute approximate surface area is 201 Å². The zero-order chi connectivity index (χ0) is 25.1. The molecule has 0 bridgehead atoms. The van der Waals surface area contributed by atoms with Gasteiger partial charge in [-0.15, -0.1) is 0 Å². The molecule has 0 radical (unpaired) electrons. The summed E-state index contributed by atoms with van der Waals surface area (Å²) in [5, 5.41) is 0.0990. The van der Waals surface area contributed by atoms with Gasteiger partial charge in [0.1, 0.15) is 5.82 Å². The summed E-state index contributed by atoms with van der Waals surface area (Å²) in [6.07, 6.45) is 2.81. The molecule has 2 atom stereocenters. The highest BCUT2D eigenvalue weighted by molar-refractivity contribution is 5.92. The Bertz CT molecular complexity index is 1320. The molecule has 2 heterocycles. The number of hydrogen-bond acceptors (Lipinski definition) is 5. The van der Waals surface area contributed by atoms with E-state index in [9.17, 15) is 18.4 Å². The van der Waals surface area contributed by atoms with Gasteiger partial charge in [-0.05, 0) is 69.0 Å². The zero-order valence-electron chi connectivity index (χ0n) is 19.8. The second kappa shape index (κ2) is 10.5. The number of hydroxylamine groups is 1. The van der Waals surface area contributed by atoms with E-state index < -0.39 is 29.7 Å². The molecule has 35 heavy (non-hydrogen) atoms. The average Bonchev–Trinajstić information content (AvgIpc) is 2.81. The highest BCUT2D eigenvalue weighted by atomic mass is 19.1. The Hall–Kier alpha value is -3.43. The van der Waals surface area contributed by atoms with Crippen molar-refractivity contribution in [2.24, 2.45) is 0 Å². The van der Waals surface area contributed by atoms with Crippen LogP contribution in [-0.2, 0) is 14.4 Å². The number of fused-ring (bicyclic) bond motifs is 1. The van der Waals surface area contributed by atoms with Crippen LogP contribution in [0, 0.1) is 19.7 Å². The number of ether oxygens (including phenoxy) is 1. The fourth-order valence-corrected chi connectivity index (χ4v) is 4.09. The first kappa shape index (κ1) is 24.7. The Morgan fingerprint density at radius 3 is 2.63 bits per heavy atom. The van der Waals surface area contributed by atoms with Crippen molar-refractivity contribution in [1.82, 2.24) is 15.0 Å². The number of halogens is 2. The van der Waals surface area contributed by atoms with Crippen molar-refractivity contribution >= 4 is 22.9 Å². The summed E-state index contributed by atoms with van der Waals surface area (Å²) in [5.74, 6) is -1.42. The van der Waals surface area contributed by atoms with E-state index in [2.05, 4.69) is 10.5 Å². The van der Waals surface area contributed by atoms with Crippen LogP contribution in [0.1, 0.15) is 54.9 Å². The molecule has 7 nitrogen and oxygen atoms in total. The van der Waals surface area contributed by atoms with Crippen LogP contribution < -0.4 is 11.0 Å². The molecular formula is C26H27F2N3O4. The van der Waals surface area contributed by atoms with E-state index in [1.165, 1.54) is 23.6 Å². The van der Waals surface area contributed by atoms with Crippen LogP contribution in [-0.4, -0.2) is 28.4 Å². The first-order valence-corrected chi connectivity index (χ1v) is 11.5. The Kier molecular flexibility index (Phi) is 7.37. The van der Waals surface area contributed by atoms with Crippen molar-refractivity contribution in [3.05, 3.63) is 75.1 Å². The maximum absolute atomic E-state index is 14.8. The molecular weight excluding hydrogens is 456 g/mol. The lowest BCUT2D eigenvalue weighted by Gasteiger charge is -2.21. The highest BCUT2D eigenvalue weighted by Gasteiger charge is 2.19. The van der Waals surface area contributed by atoms with Gasteiger partial charge in [-0.1, -0.05) is 6.07 Å². The molecule has 4 rings (SSSR count). The van der Waals surface area contributed by atoms with Gasteiger partial charge in [0.15, 0.2) is 18.3 Å². The van der Waals surface area contributed by atoms with E-state index in [0.717, 1.165) is 36.1 Å². The van der Waals surface area contributed by atoms with Crippen molar-refractivity contribution < 1.29 is 23.1 Å². The summed E-state index contributed by atoms with van der Waals surface area (Å²) >= 11 is 0. The fraction of sp³-hybridized carbons (Fsp3) is 0.346. The summed E-state index contributed by atoms with van der Waals surface area (Å²) in [6, 6.07) is 7.84. The molecule has 1 aliphatic heterocycles. The smallest absolute Gasteiger partial charge is 0.267 e. The summed E-state index contributed by atoms with van der Waals surface area (Å²) < 4.78 is 35.8. The first-order valence-electron chi connectivity index (χ1n) is 11.5. The standard InChI is InChI=1S/C26H27F2N3O4/c1-15-10-16(2)12-19(11-15)31-25(17(3)27)29-22-14-21(28)18(13-20(22)26(31)33)7-8-23(32)30-35-24-6-4-5-9-34-24/h7-8,10-14,17,24H,4-6,9H2,1-3H3,(H,30,32)/b8-7+. The molecule has 2 unspecified atom stereocenters. The van der Waals surface area contributed by atoms with Crippen LogP contribution in [0.2, 0.25) is 0 Å². The number of aryl methyl sites for hydroxylation is 2. The lowest BCUT2D eigenvalue weighted by atomic mass is 10.1. The van der Waals surface area contributed by atoms with Gasteiger partial charge in [0, 0.05) is 30.7 Å². The van der Waals surface area contributed by atoms with E-state index in [-0.39, 0.29) is 22.3 Å². The van der Waals surface area contributed by atoms with Crippen molar-refractivity contribution in [3.8, 4) is 5.69 Å². The Morgan fingerprint density at radius 1 is 1.23 bits per heavy atom. The molecule has 1 fully saturated rings. The molecule has 0 aliphatic carbocycles. The number of alkyl halides is 1. The molecule has 9 heteroatoms. The molecule has 1 aromatic heterocycles. The van der Waals surface area contributed by atoms with Crippen molar-refractivity contribution in [2.75, 3.05) is 6.61 Å². The molecule has 1 aliphatic rings. The molecule has 1 N–H and O–H groups in total. The van der Waals surface area contributed by atoms with Crippen LogP contribution in [0.25, 0.3) is 22.7 Å². The minimum absolute atomic E-state index is 0.00786. The second-order valence-corrected chi connectivity index (χ2v) is 8.68. The maximum Gasteiger partial charge on any atom is 0.267 e. The van der Waals surface area contributed by atoms with Gasteiger partial charge in [0.2, 0.25) is 0 Å². The first-order chi connectivity index (χ1) is 16.7. The van der Waals surface area contributed by atoms with Gasteiger partial charge >= 0.3 is 0 Å². The lowest BCUT2D eigenvalue weighted by Crippen LogP contribution is -2.32. The third-order valence-corrected chi connectivity index (χ3v) is 5.68. The molecule has 184 valence electrons. The maximum atomic E-state index is 14.8. The van der Waals surface area contributed by atoms with E-state index >= 15 is 0 Å². The van der Waals surface area contributed by atoms with Crippen molar-refractivity contribution in [1.29, 1.82) is 0 Å². The highest BCUT2D eigenvalue weighted by Crippen LogP contribution is 2.24. The third-order valence-electron chi connectivity index (χ3n) is 5.68. The number of carbonyl (C=O) groups excluding carboxylic acids is 1. The van der Waals surface area contributed by atoms with Crippen LogP contribution in [0.3, 0.4) is 0 Å². The van der Waals surface area contributed by atoms with E-state index in [1.807, 2.05) is 19.9 Å². The fourth-order valence-electron chi connectivity index (χ4n) is 4.09. The number of aromatic nitrogens is 2. The molecule has 0 saturated carbocycles. The number of nitrogens with one attached hydrogen (secondary N) is 1. The number of amides is 1. The quantitative estimate of drug-likeness (QED) is 0.404. The second-order valence-electron chi connectivity index (χ2n) is 8.68. The van der Waals surface area contributed by atoms with Crippen molar-refractivity contribution in [2.45, 2.75) is 52.5 Å². The zero-order valence-corrected chi connectivity index (χ0v) is 19.8. The summed E-state index contributed by atoms with van der Waals surface area (Å²) in [5.41, 5.74) is 4.05. The van der Waals surface area contributed by atoms with Crippen LogP contribution in [0.5, 0.6) is 0 Å². The van der Waals surface area contributed by atoms with E-state index in [4.69, 9.17) is 9.57 Å². The van der Waals surface area contributed by atoms with Crippen LogP contribution in [0.4, 0.5) is 8.78 Å². The Balaban J connectivity index is 1.69. The van der Waals surface area contributed by atoms with Crippen LogP contribution >= 0.6 is 0 Å². The molecule has 1 saturated heterocycles. The van der Waals surface area contributed by atoms with Crippen LogP contribution in [0.15, 0.2) is 41.2 Å². The number of carbonyl (C=O) groups is 1. The predicted octanol–water partition coefficient (Wildman–Crippen LogP) is 4.76. The van der Waals surface area contributed by atoms with Crippen molar-refractivity contribution in [3.63, 3.8) is 0 Å². The molecule has 0 spiro atoms. The monoisotopic (exact) mass is 483 g/mol.